The second kappa shape index (κ2) is 11.1. The van der Waals surface area contributed by atoms with Gasteiger partial charge in [0, 0.05) is 32.1 Å². The summed E-state index contributed by atoms with van der Waals surface area (Å²) in [7, 11) is 0. The Balaban J connectivity index is 0.00000264. The molecule has 0 heterocycles. The number of carbonyl (C=O) groups is 1. The minimum atomic E-state index is 0. The molecule has 0 spiro atoms. The second-order valence-corrected chi connectivity index (χ2v) is 6.84. The normalized spacial score (nSPS) is 24.5. The molecule has 1 amide bonds. The molecule has 0 saturated heterocycles. The van der Waals surface area contributed by atoms with Crippen LogP contribution in [0.25, 0.3) is 0 Å². The van der Waals surface area contributed by atoms with Crippen LogP contribution in [0.15, 0.2) is 4.99 Å². The van der Waals surface area contributed by atoms with Crippen LogP contribution < -0.4 is 16.0 Å². The standard InChI is InChI=1S/C17H32N4O.HI/c1-3-18-17(20-11-10-19-16(22)15-8-9-15)21-12-14-6-4-13(2)5-7-14;/h13-15H,3-12H2,1-2H3,(H,19,22)(H2,18,20,21);1H. The van der Waals surface area contributed by atoms with Crippen molar-refractivity contribution in [3.8, 4) is 0 Å². The van der Waals surface area contributed by atoms with Gasteiger partial charge in [-0.15, -0.1) is 24.0 Å². The van der Waals surface area contributed by atoms with Crippen LogP contribution in [0, 0.1) is 17.8 Å². The van der Waals surface area contributed by atoms with Crippen LogP contribution >= 0.6 is 24.0 Å². The Morgan fingerprint density at radius 2 is 1.65 bits per heavy atom. The van der Waals surface area contributed by atoms with Gasteiger partial charge in [0.1, 0.15) is 0 Å². The average Bonchev–Trinajstić information content (AvgIpc) is 3.35. The maximum Gasteiger partial charge on any atom is 0.223 e. The third-order valence-corrected chi connectivity index (χ3v) is 4.65. The lowest BCUT2D eigenvalue weighted by Gasteiger charge is -2.25. The summed E-state index contributed by atoms with van der Waals surface area (Å²) in [5.74, 6) is 3.00. The molecule has 23 heavy (non-hydrogen) atoms. The zero-order valence-electron chi connectivity index (χ0n) is 14.6. The Bertz CT molecular complexity index is 377. The van der Waals surface area contributed by atoms with Gasteiger partial charge in [-0.05, 0) is 44.4 Å². The van der Waals surface area contributed by atoms with Crippen molar-refractivity contribution in [1.82, 2.24) is 16.0 Å². The summed E-state index contributed by atoms with van der Waals surface area (Å²) >= 11 is 0. The number of guanidine groups is 1. The van der Waals surface area contributed by atoms with Crippen molar-refractivity contribution >= 4 is 35.8 Å². The van der Waals surface area contributed by atoms with Gasteiger partial charge in [0.25, 0.3) is 0 Å². The first-order valence-corrected chi connectivity index (χ1v) is 8.99. The Labute approximate surface area is 157 Å². The predicted molar refractivity (Wildman–Crippen MR) is 106 cm³/mol. The van der Waals surface area contributed by atoms with E-state index in [4.69, 9.17) is 4.99 Å². The van der Waals surface area contributed by atoms with Crippen LogP contribution in [0.2, 0.25) is 0 Å². The molecule has 2 saturated carbocycles. The smallest absolute Gasteiger partial charge is 0.223 e. The molecule has 0 radical (unpaired) electrons. The number of amides is 1. The maximum atomic E-state index is 11.5. The van der Waals surface area contributed by atoms with Gasteiger partial charge >= 0.3 is 0 Å². The van der Waals surface area contributed by atoms with Gasteiger partial charge in [-0.2, -0.15) is 0 Å². The molecule has 2 rings (SSSR count). The van der Waals surface area contributed by atoms with E-state index in [2.05, 4.69) is 29.8 Å². The van der Waals surface area contributed by atoms with E-state index in [0.717, 1.165) is 50.3 Å². The van der Waals surface area contributed by atoms with E-state index in [0.29, 0.717) is 6.54 Å². The number of halogens is 1. The van der Waals surface area contributed by atoms with Gasteiger partial charge in [-0.25, -0.2) is 0 Å². The van der Waals surface area contributed by atoms with Crippen LogP contribution in [0.4, 0.5) is 0 Å². The van der Waals surface area contributed by atoms with Gasteiger partial charge < -0.3 is 16.0 Å². The van der Waals surface area contributed by atoms with E-state index in [1.807, 2.05) is 0 Å². The summed E-state index contributed by atoms with van der Waals surface area (Å²) in [6, 6.07) is 0. The van der Waals surface area contributed by atoms with Crippen molar-refractivity contribution in [3.05, 3.63) is 0 Å². The second-order valence-electron chi connectivity index (χ2n) is 6.84. The van der Waals surface area contributed by atoms with Crippen molar-refractivity contribution in [2.45, 2.75) is 52.4 Å². The van der Waals surface area contributed by atoms with E-state index in [9.17, 15) is 4.79 Å². The number of nitrogens with zero attached hydrogens (tertiary/aromatic N) is 1. The molecule has 3 N–H and O–H groups in total. The fourth-order valence-electron chi connectivity index (χ4n) is 2.93. The minimum Gasteiger partial charge on any atom is -0.357 e. The van der Waals surface area contributed by atoms with Gasteiger partial charge in [-0.1, -0.05) is 19.8 Å². The Morgan fingerprint density at radius 3 is 2.26 bits per heavy atom. The molecule has 0 unspecified atom stereocenters. The molecular weight excluding hydrogens is 403 g/mol. The summed E-state index contributed by atoms with van der Waals surface area (Å²) < 4.78 is 0. The molecule has 0 aromatic rings. The summed E-state index contributed by atoms with van der Waals surface area (Å²) in [6.07, 6.45) is 7.42. The van der Waals surface area contributed by atoms with E-state index >= 15 is 0 Å². The molecule has 5 nitrogen and oxygen atoms in total. The van der Waals surface area contributed by atoms with Crippen LogP contribution in [-0.2, 0) is 4.79 Å². The summed E-state index contributed by atoms with van der Waals surface area (Å²) in [4.78, 5) is 16.3. The number of carbonyl (C=O) groups excluding carboxylic acids is 1. The molecule has 0 aromatic carbocycles. The highest BCUT2D eigenvalue weighted by Gasteiger charge is 2.28. The highest BCUT2D eigenvalue weighted by molar-refractivity contribution is 14.0. The zero-order valence-corrected chi connectivity index (χ0v) is 16.9. The molecule has 134 valence electrons. The molecule has 2 aliphatic rings. The van der Waals surface area contributed by atoms with Crippen LogP contribution in [0.3, 0.4) is 0 Å². The molecule has 0 bridgehead atoms. The highest BCUT2D eigenvalue weighted by Crippen LogP contribution is 2.29. The van der Waals surface area contributed by atoms with Crippen LogP contribution in [0.1, 0.15) is 52.4 Å². The lowest BCUT2D eigenvalue weighted by atomic mass is 9.83. The largest absolute Gasteiger partial charge is 0.357 e. The lowest BCUT2D eigenvalue weighted by molar-refractivity contribution is -0.122. The number of rotatable bonds is 7. The monoisotopic (exact) mass is 436 g/mol. The van der Waals surface area contributed by atoms with E-state index in [1.165, 1.54) is 25.7 Å². The SMILES string of the molecule is CCNC(=NCC1CCC(C)CC1)NCCNC(=O)C1CC1.I. The summed E-state index contributed by atoms with van der Waals surface area (Å²) in [5.41, 5.74) is 0. The number of nitrogens with one attached hydrogen (secondary N) is 3. The number of hydrogen-bond donors (Lipinski definition) is 3. The fourth-order valence-corrected chi connectivity index (χ4v) is 2.93. The van der Waals surface area contributed by atoms with Gasteiger partial charge in [-0.3, -0.25) is 9.79 Å². The highest BCUT2D eigenvalue weighted by atomic mass is 127. The molecular formula is C17H33IN4O. The van der Waals surface area contributed by atoms with Crippen LogP contribution in [0.5, 0.6) is 0 Å². The quantitative estimate of drug-likeness (QED) is 0.249. The predicted octanol–water partition coefficient (Wildman–Crippen LogP) is 2.51. The van der Waals surface area contributed by atoms with Crippen molar-refractivity contribution in [2.24, 2.45) is 22.7 Å². The molecule has 2 fully saturated rings. The van der Waals surface area contributed by atoms with Crippen LogP contribution in [-0.4, -0.2) is 38.0 Å². The first-order chi connectivity index (χ1) is 10.7. The van der Waals surface area contributed by atoms with Crippen molar-refractivity contribution in [2.75, 3.05) is 26.2 Å². The van der Waals surface area contributed by atoms with Crippen molar-refractivity contribution < 1.29 is 4.79 Å². The summed E-state index contributed by atoms with van der Waals surface area (Å²) in [5, 5.41) is 9.56. The Kier molecular flexibility index (Phi) is 9.90. The number of hydrogen-bond acceptors (Lipinski definition) is 2. The van der Waals surface area contributed by atoms with Gasteiger partial charge in [0.15, 0.2) is 5.96 Å². The van der Waals surface area contributed by atoms with E-state index in [1.54, 1.807) is 0 Å². The topological polar surface area (TPSA) is 65.5 Å². The van der Waals surface area contributed by atoms with E-state index < -0.39 is 0 Å². The molecule has 0 atom stereocenters. The van der Waals surface area contributed by atoms with Crippen molar-refractivity contribution in [3.63, 3.8) is 0 Å². The third kappa shape index (κ3) is 8.22. The molecule has 6 heteroatoms. The lowest BCUT2D eigenvalue weighted by Crippen LogP contribution is -2.42. The molecule has 0 aromatic heterocycles. The Hall–Kier alpha value is -0.530. The molecule has 2 aliphatic carbocycles. The molecule has 0 aliphatic heterocycles. The average molecular weight is 436 g/mol. The minimum absolute atomic E-state index is 0. The summed E-state index contributed by atoms with van der Waals surface area (Å²) in [6.45, 7) is 7.60. The van der Waals surface area contributed by atoms with E-state index in [-0.39, 0.29) is 35.8 Å². The zero-order chi connectivity index (χ0) is 15.8. The fraction of sp³-hybridized carbons (Fsp3) is 0.882. The number of aliphatic imine (C=N–C) groups is 1. The third-order valence-electron chi connectivity index (χ3n) is 4.65. The maximum absolute atomic E-state index is 11.5. The van der Waals surface area contributed by atoms with Gasteiger partial charge in [0.2, 0.25) is 5.91 Å². The van der Waals surface area contributed by atoms with Gasteiger partial charge in [0.05, 0.1) is 0 Å². The first kappa shape index (κ1) is 20.5. The Morgan fingerprint density at radius 1 is 1.00 bits per heavy atom. The first-order valence-electron chi connectivity index (χ1n) is 8.99. The van der Waals surface area contributed by atoms with Crippen molar-refractivity contribution in [1.29, 1.82) is 0 Å².